The normalized spacial score (nSPS) is 15.4. The van der Waals surface area contributed by atoms with E-state index in [1.807, 2.05) is 18.4 Å². The van der Waals surface area contributed by atoms with Crippen molar-refractivity contribution in [3.8, 4) is 6.07 Å². The zero-order valence-electron chi connectivity index (χ0n) is 14.1. The summed E-state index contributed by atoms with van der Waals surface area (Å²) in [4.78, 5) is 21.1. The van der Waals surface area contributed by atoms with Crippen molar-refractivity contribution >= 4 is 34.1 Å². The molecule has 2 aromatic rings. The standard InChI is InChI=1S/C18H20N4OS2/c1-12(16(23)22-18-20-8-9-24-18)25-17-14(11-19)10-13-6-4-2-3-5-7-15(13)21-17/h8-10,12H,2-7H2,1H3,(H,20,22,23). The zero-order valence-corrected chi connectivity index (χ0v) is 15.8. The molecule has 5 nitrogen and oxygen atoms in total. The maximum absolute atomic E-state index is 12.3. The maximum Gasteiger partial charge on any atom is 0.239 e. The molecule has 0 spiro atoms. The number of amides is 1. The summed E-state index contributed by atoms with van der Waals surface area (Å²) < 4.78 is 0. The molecule has 2 aromatic heterocycles. The van der Waals surface area contributed by atoms with Crippen LogP contribution in [0, 0.1) is 11.3 Å². The highest BCUT2D eigenvalue weighted by Gasteiger charge is 2.20. The summed E-state index contributed by atoms with van der Waals surface area (Å²) in [5, 5.41) is 15.0. The van der Waals surface area contributed by atoms with Gasteiger partial charge in [-0.05, 0) is 44.2 Å². The summed E-state index contributed by atoms with van der Waals surface area (Å²) in [6.45, 7) is 1.83. The van der Waals surface area contributed by atoms with Gasteiger partial charge in [0, 0.05) is 17.3 Å². The summed E-state index contributed by atoms with van der Waals surface area (Å²) in [5.41, 5.74) is 2.85. The van der Waals surface area contributed by atoms with Crippen molar-refractivity contribution in [2.75, 3.05) is 5.32 Å². The third kappa shape index (κ3) is 4.59. The van der Waals surface area contributed by atoms with Crippen LogP contribution in [0.25, 0.3) is 0 Å². The van der Waals surface area contributed by atoms with E-state index in [2.05, 4.69) is 16.4 Å². The molecule has 1 aliphatic carbocycles. The first-order chi connectivity index (χ1) is 12.2. The second kappa shape index (κ2) is 8.45. The van der Waals surface area contributed by atoms with Crippen LogP contribution in [-0.2, 0) is 17.6 Å². The zero-order chi connectivity index (χ0) is 17.6. The highest BCUT2D eigenvalue weighted by molar-refractivity contribution is 8.00. The summed E-state index contributed by atoms with van der Waals surface area (Å²) in [5.74, 6) is -0.127. The average molecular weight is 373 g/mol. The molecule has 1 N–H and O–H groups in total. The number of thioether (sulfide) groups is 1. The van der Waals surface area contributed by atoms with E-state index < -0.39 is 0 Å². The molecule has 0 fully saturated rings. The Morgan fingerprint density at radius 1 is 1.36 bits per heavy atom. The van der Waals surface area contributed by atoms with Gasteiger partial charge in [-0.15, -0.1) is 11.3 Å². The number of aromatic nitrogens is 2. The number of nitrogens with zero attached hydrogens (tertiary/aromatic N) is 3. The number of fused-ring (bicyclic) bond motifs is 1. The van der Waals surface area contributed by atoms with Crippen LogP contribution in [0.3, 0.4) is 0 Å². The number of hydrogen-bond acceptors (Lipinski definition) is 6. The van der Waals surface area contributed by atoms with Crippen molar-refractivity contribution in [2.45, 2.75) is 55.7 Å². The van der Waals surface area contributed by atoms with E-state index in [1.165, 1.54) is 41.5 Å². The van der Waals surface area contributed by atoms with Crippen molar-refractivity contribution in [1.29, 1.82) is 5.26 Å². The molecule has 0 radical (unpaired) electrons. The van der Waals surface area contributed by atoms with Crippen molar-refractivity contribution in [3.05, 3.63) is 34.5 Å². The van der Waals surface area contributed by atoms with Crippen LogP contribution in [0.4, 0.5) is 5.13 Å². The minimum Gasteiger partial charge on any atom is -0.301 e. The smallest absolute Gasteiger partial charge is 0.239 e. The molecule has 3 rings (SSSR count). The van der Waals surface area contributed by atoms with Gasteiger partial charge in [0.05, 0.1) is 10.8 Å². The minimum atomic E-state index is -0.352. The van der Waals surface area contributed by atoms with E-state index >= 15 is 0 Å². The quantitative estimate of drug-likeness (QED) is 0.814. The van der Waals surface area contributed by atoms with Crippen LogP contribution >= 0.6 is 23.1 Å². The Labute approximate surface area is 155 Å². The number of nitrogens with one attached hydrogen (secondary N) is 1. The number of hydrogen-bond donors (Lipinski definition) is 1. The van der Waals surface area contributed by atoms with Crippen molar-refractivity contribution in [2.24, 2.45) is 0 Å². The van der Waals surface area contributed by atoms with E-state index in [1.54, 1.807) is 6.20 Å². The van der Waals surface area contributed by atoms with Crippen LogP contribution < -0.4 is 5.32 Å². The molecular weight excluding hydrogens is 352 g/mol. The summed E-state index contributed by atoms with van der Waals surface area (Å²) in [7, 11) is 0. The lowest BCUT2D eigenvalue weighted by molar-refractivity contribution is -0.115. The number of carbonyl (C=O) groups is 1. The first-order valence-electron chi connectivity index (χ1n) is 8.47. The van der Waals surface area contributed by atoms with Gasteiger partial charge < -0.3 is 5.32 Å². The van der Waals surface area contributed by atoms with Crippen LogP contribution in [0.1, 0.15) is 49.4 Å². The molecule has 25 heavy (non-hydrogen) atoms. The number of pyridine rings is 1. The van der Waals surface area contributed by atoms with Gasteiger partial charge in [0.25, 0.3) is 0 Å². The Bertz CT molecular complexity index is 783. The van der Waals surface area contributed by atoms with Gasteiger partial charge in [-0.25, -0.2) is 9.97 Å². The van der Waals surface area contributed by atoms with Crippen molar-refractivity contribution in [3.63, 3.8) is 0 Å². The van der Waals surface area contributed by atoms with Gasteiger partial charge in [-0.2, -0.15) is 5.26 Å². The Morgan fingerprint density at radius 2 is 2.16 bits per heavy atom. The number of aryl methyl sites for hydroxylation is 2. The van der Waals surface area contributed by atoms with Gasteiger partial charge in [-0.3, -0.25) is 4.79 Å². The third-order valence-electron chi connectivity index (χ3n) is 4.21. The Hall–Kier alpha value is -1.91. The predicted molar refractivity (Wildman–Crippen MR) is 101 cm³/mol. The van der Waals surface area contributed by atoms with Gasteiger partial charge in [0.2, 0.25) is 5.91 Å². The molecule has 1 unspecified atom stereocenters. The lowest BCUT2D eigenvalue weighted by Gasteiger charge is -2.16. The molecule has 0 bridgehead atoms. The topological polar surface area (TPSA) is 78.7 Å². The molecule has 0 aromatic carbocycles. The lowest BCUT2D eigenvalue weighted by Crippen LogP contribution is -2.22. The Morgan fingerprint density at radius 3 is 2.88 bits per heavy atom. The Balaban J connectivity index is 1.77. The fraction of sp³-hybridized carbons (Fsp3) is 0.444. The molecule has 1 aliphatic rings. The van der Waals surface area contributed by atoms with Crippen molar-refractivity contribution < 1.29 is 4.79 Å². The molecule has 1 amide bonds. The van der Waals surface area contributed by atoms with Crippen LogP contribution in [0.2, 0.25) is 0 Å². The lowest BCUT2D eigenvalue weighted by atomic mass is 9.96. The van der Waals surface area contributed by atoms with Crippen LogP contribution in [-0.4, -0.2) is 21.1 Å². The number of carbonyl (C=O) groups excluding carboxylic acids is 1. The summed E-state index contributed by atoms with van der Waals surface area (Å²) in [6.07, 6.45) is 8.36. The molecule has 1 atom stereocenters. The molecular formula is C18H20N4OS2. The largest absolute Gasteiger partial charge is 0.301 e. The predicted octanol–water partition coefficient (Wildman–Crippen LogP) is 4.19. The van der Waals surface area contributed by atoms with Crippen LogP contribution in [0.5, 0.6) is 0 Å². The second-order valence-corrected chi connectivity index (χ2v) is 8.28. The summed E-state index contributed by atoms with van der Waals surface area (Å²) >= 11 is 2.73. The fourth-order valence-electron chi connectivity index (χ4n) is 2.85. The highest BCUT2D eigenvalue weighted by atomic mass is 32.2. The van der Waals surface area contributed by atoms with E-state index in [0.29, 0.717) is 15.7 Å². The van der Waals surface area contributed by atoms with Crippen molar-refractivity contribution in [1.82, 2.24) is 9.97 Å². The summed E-state index contributed by atoms with van der Waals surface area (Å²) in [6, 6.07) is 4.22. The fourth-order valence-corrected chi connectivity index (χ4v) is 4.28. The highest BCUT2D eigenvalue weighted by Crippen LogP contribution is 2.29. The average Bonchev–Trinajstić information content (AvgIpc) is 3.09. The molecule has 7 heteroatoms. The van der Waals surface area contributed by atoms with Crippen LogP contribution in [0.15, 0.2) is 22.7 Å². The maximum atomic E-state index is 12.3. The van der Waals surface area contributed by atoms with E-state index in [9.17, 15) is 10.1 Å². The minimum absolute atomic E-state index is 0.127. The number of rotatable bonds is 4. The van der Waals surface area contributed by atoms with Gasteiger partial charge in [0.1, 0.15) is 11.1 Å². The molecule has 0 aliphatic heterocycles. The first-order valence-corrected chi connectivity index (χ1v) is 10.2. The van der Waals surface area contributed by atoms with E-state index in [4.69, 9.17) is 4.98 Å². The van der Waals surface area contributed by atoms with Gasteiger partial charge in [0.15, 0.2) is 5.13 Å². The Kier molecular flexibility index (Phi) is 6.05. The molecule has 130 valence electrons. The number of anilines is 1. The monoisotopic (exact) mass is 372 g/mol. The number of thiazole rings is 1. The molecule has 0 saturated heterocycles. The second-order valence-electron chi connectivity index (χ2n) is 6.06. The van der Waals surface area contributed by atoms with E-state index in [0.717, 1.165) is 31.4 Å². The molecule has 0 saturated carbocycles. The number of nitriles is 1. The first kappa shape index (κ1) is 17.9. The molecule has 2 heterocycles. The van der Waals surface area contributed by atoms with E-state index in [-0.39, 0.29) is 11.2 Å². The van der Waals surface area contributed by atoms with Gasteiger partial charge >= 0.3 is 0 Å². The van der Waals surface area contributed by atoms with Gasteiger partial charge in [-0.1, -0.05) is 24.6 Å². The SMILES string of the molecule is CC(Sc1nc2c(cc1C#N)CCCCCC2)C(=O)Nc1nccs1. The third-order valence-corrected chi connectivity index (χ3v) is 6.00.